The van der Waals surface area contributed by atoms with Crippen molar-refractivity contribution in [2.24, 2.45) is 0 Å². The summed E-state index contributed by atoms with van der Waals surface area (Å²) in [7, 11) is 6.29. The van der Waals surface area contributed by atoms with Crippen molar-refractivity contribution in [3.63, 3.8) is 0 Å². The molecule has 0 amide bonds. The van der Waals surface area contributed by atoms with E-state index in [0.29, 0.717) is 6.54 Å². The van der Waals surface area contributed by atoms with E-state index < -0.39 is 11.4 Å². The molecule has 0 aliphatic heterocycles. The quantitative estimate of drug-likeness (QED) is 0.318. The van der Waals surface area contributed by atoms with Crippen molar-refractivity contribution in [3.05, 3.63) is 60.7 Å². The molecule has 0 aliphatic carbocycles. The molecule has 158 valence electrons. The van der Waals surface area contributed by atoms with Crippen LogP contribution in [0.1, 0.15) is 0 Å². The third-order valence-electron chi connectivity index (χ3n) is 3.34. The first kappa shape index (κ1) is 26.4. The predicted molar refractivity (Wildman–Crippen MR) is 121 cm³/mol. The third kappa shape index (κ3) is 12.7. The van der Waals surface area contributed by atoms with Crippen LogP contribution in [-0.2, 0) is 14.3 Å². The average Bonchev–Trinajstić information content (AvgIpc) is 2.79. The Morgan fingerprint density at radius 3 is 1.80 bits per heavy atom. The van der Waals surface area contributed by atoms with Crippen LogP contribution in [0.25, 0.3) is 0 Å². The topological polar surface area (TPSA) is 59.1 Å². The number of rotatable bonds is 3. The molecule has 6 nitrogen and oxygen atoms in total. The van der Waals surface area contributed by atoms with Crippen LogP contribution in [0.4, 0.5) is 16.2 Å². The lowest BCUT2D eigenvalue weighted by Crippen LogP contribution is -2.16. The molecule has 0 saturated carbocycles. The van der Waals surface area contributed by atoms with Gasteiger partial charge >= 0.3 is 11.4 Å². The van der Waals surface area contributed by atoms with Gasteiger partial charge in [-0.15, -0.1) is 6.42 Å². The molecule has 0 fully saturated rings. The summed E-state index contributed by atoms with van der Waals surface area (Å²) in [5.74, 6) is 4.40. The zero-order chi connectivity index (χ0) is 22.8. The number of anilines is 2. The van der Waals surface area contributed by atoms with Crippen LogP contribution in [-0.4, -0.2) is 46.3 Å². The van der Waals surface area contributed by atoms with E-state index in [-0.39, 0.29) is 0 Å². The fourth-order valence-electron chi connectivity index (χ4n) is 1.81. The second-order valence-electron chi connectivity index (χ2n) is 5.46. The van der Waals surface area contributed by atoms with Crippen molar-refractivity contribution in [2.45, 2.75) is 0 Å². The van der Waals surface area contributed by atoms with Gasteiger partial charge < -0.3 is 19.3 Å². The summed E-state index contributed by atoms with van der Waals surface area (Å²) in [5, 5.41) is 0. The summed E-state index contributed by atoms with van der Waals surface area (Å²) in [5.41, 5.74) is 1.32. The number of nitrogens with zero attached hydrogens (tertiary/aromatic N) is 2. The van der Waals surface area contributed by atoms with E-state index >= 15 is 0 Å². The second kappa shape index (κ2) is 16.4. The number of carbonyl (C=O) groups excluding carboxylic acids is 2. The Balaban J connectivity index is 0.000000468. The normalized spacial score (nSPS) is 8.27. The van der Waals surface area contributed by atoms with E-state index in [2.05, 4.69) is 39.0 Å². The summed E-state index contributed by atoms with van der Waals surface area (Å²) >= 11 is 4.60. The van der Waals surface area contributed by atoms with Crippen molar-refractivity contribution in [1.29, 1.82) is 0 Å². The Labute approximate surface area is 183 Å². The summed E-state index contributed by atoms with van der Waals surface area (Å²) in [4.78, 5) is 23.8. The monoisotopic (exact) mass is 428 g/mol. The van der Waals surface area contributed by atoms with E-state index in [1.807, 2.05) is 72.6 Å². The highest BCUT2D eigenvalue weighted by Gasteiger charge is 1.96. The lowest BCUT2D eigenvalue weighted by molar-refractivity contribution is -0.133. The minimum atomic E-state index is -0.773. The third-order valence-corrected chi connectivity index (χ3v) is 3.49. The Kier molecular flexibility index (Phi) is 14.4. The van der Waals surface area contributed by atoms with Crippen molar-refractivity contribution in [2.75, 3.05) is 44.7 Å². The number of hydrogen-bond donors (Lipinski definition) is 0. The van der Waals surface area contributed by atoms with Gasteiger partial charge in [-0.05, 0) is 24.3 Å². The minimum absolute atomic E-state index is 0.534. The molecule has 0 heterocycles. The smallest absolute Gasteiger partial charge is 0.403 e. The molecule has 0 aromatic heterocycles. The number of esters is 1. The van der Waals surface area contributed by atoms with E-state index in [9.17, 15) is 9.59 Å². The molecule has 0 saturated heterocycles. The maximum atomic E-state index is 10.7. The number of benzene rings is 2. The molecule has 2 aromatic rings. The van der Waals surface area contributed by atoms with Crippen molar-refractivity contribution < 1.29 is 19.1 Å². The molecule has 0 unspecified atom stereocenters. The van der Waals surface area contributed by atoms with Gasteiger partial charge in [0.1, 0.15) is 0 Å². The molecule has 30 heavy (non-hydrogen) atoms. The van der Waals surface area contributed by atoms with Crippen LogP contribution in [0.15, 0.2) is 60.7 Å². The number of carbonyl (C=O) groups is 2. The molecule has 7 heteroatoms. The number of ether oxygens (including phenoxy) is 2. The maximum absolute atomic E-state index is 10.7. The van der Waals surface area contributed by atoms with Crippen LogP contribution < -0.4 is 9.80 Å². The Bertz CT molecular complexity index is 856. The lowest BCUT2D eigenvalue weighted by atomic mass is 10.3. The number of terminal acetylenes is 1. The molecule has 0 spiro atoms. The van der Waals surface area contributed by atoms with Gasteiger partial charge in [0, 0.05) is 49.0 Å². The maximum Gasteiger partial charge on any atom is 0.403 e. The zero-order valence-electron chi connectivity index (χ0n) is 17.5. The van der Waals surface area contributed by atoms with E-state index in [1.165, 1.54) is 14.2 Å². The van der Waals surface area contributed by atoms with Crippen molar-refractivity contribution >= 4 is 34.4 Å². The summed E-state index contributed by atoms with van der Waals surface area (Å²) in [6, 6.07) is 22.3. The summed E-state index contributed by atoms with van der Waals surface area (Å²) in [6.45, 7) is 0.657. The molecule has 0 aliphatic rings. The van der Waals surface area contributed by atoms with E-state index in [1.54, 1.807) is 11.9 Å². The molecule has 0 atom stereocenters. The van der Waals surface area contributed by atoms with Crippen molar-refractivity contribution in [1.82, 2.24) is 0 Å². The van der Waals surface area contributed by atoms with Crippen molar-refractivity contribution in [3.8, 4) is 24.3 Å². The van der Waals surface area contributed by atoms with Gasteiger partial charge in [-0.25, -0.2) is 9.59 Å². The first-order valence-electron chi connectivity index (χ1n) is 8.67. The summed E-state index contributed by atoms with van der Waals surface area (Å²) < 4.78 is 8.27. The van der Waals surface area contributed by atoms with Gasteiger partial charge in [-0.1, -0.05) is 42.3 Å². The first-order chi connectivity index (χ1) is 14.3. The second-order valence-corrected chi connectivity index (χ2v) is 5.77. The van der Waals surface area contributed by atoms with Gasteiger partial charge in [-0.2, -0.15) is 0 Å². The standard InChI is InChI=1S/C11H11NO2.C10H11N.C2H3ClO2/c1-12(9-8-11(13)14-2)10-6-4-3-5-7-10;1-3-9-11(2)10-7-5-4-6-8-10;1-5-2(3)4/h3-7H,1-2H3;1,4-8H,9H2,2H3;1H3. The highest BCUT2D eigenvalue weighted by molar-refractivity contribution is 6.61. The van der Waals surface area contributed by atoms with Crippen LogP contribution >= 0.6 is 11.6 Å². The number of para-hydroxylation sites is 2. The van der Waals surface area contributed by atoms with Gasteiger partial charge in [0.2, 0.25) is 0 Å². The van der Waals surface area contributed by atoms with Gasteiger partial charge in [0.15, 0.2) is 0 Å². The number of methoxy groups -OCH3 is 2. The predicted octanol–water partition coefficient (Wildman–Crippen LogP) is 4.00. The fourth-order valence-corrected chi connectivity index (χ4v) is 1.81. The Hall–Kier alpha value is -3.61. The molecule has 2 rings (SSSR count). The number of hydrogen-bond acceptors (Lipinski definition) is 6. The molecular formula is C23H25ClN2O4. The molecular weight excluding hydrogens is 404 g/mol. The fraction of sp³-hybridized carbons (Fsp3) is 0.217. The van der Waals surface area contributed by atoms with Gasteiger partial charge in [0.25, 0.3) is 0 Å². The Morgan fingerprint density at radius 1 is 0.933 bits per heavy atom. The Morgan fingerprint density at radius 2 is 1.40 bits per heavy atom. The lowest BCUT2D eigenvalue weighted by Gasteiger charge is -2.14. The van der Waals surface area contributed by atoms with Gasteiger partial charge in [0.05, 0.1) is 20.8 Å². The highest BCUT2D eigenvalue weighted by atomic mass is 35.5. The average molecular weight is 429 g/mol. The first-order valence-corrected chi connectivity index (χ1v) is 9.05. The molecule has 0 radical (unpaired) electrons. The summed E-state index contributed by atoms with van der Waals surface area (Å²) in [6.07, 6.45) is 5.18. The minimum Gasteiger partial charge on any atom is -0.459 e. The molecule has 2 aromatic carbocycles. The van der Waals surface area contributed by atoms with Crippen LogP contribution in [0, 0.1) is 24.3 Å². The SMILES string of the molecule is C#CCN(C)c1ccccc1.COC(=O)C#CN(C)c1ccccc1.COC(=O)Cl. The molecule has 0 bridgehead atoms. The van der Waals surface area contributed by atoms with Crippen LogP contribution in [0.2, 0.25) is 0 Å². The van der Waals surface area contributed by atoms with E-state index in [0.717, 1.165) is 11.4 Å². The molecule has 0 N–H and O–H groups in total. The van der Waals surface area contributed by atoms with E-state index in [4.69, 9.17) is 6.42 Å². The van der Waals surface area contributed by atoms with Gasteiger partial charge in [-0.3, -0.25) is 0 Å². The number of halogens is 1. The largest absolute Gasteiger partial charge is 0.459 e. The highest BCUT2D eigenvalue weighted by Crippen LogP contribution is 2.09. The van der Waals surface area contributed by atoms with Crippen LogP contribution in [0.3, 0.4) is 0 Å². The zero-order valence-corrected chi connectivity index (χ0v) is 18.2. The van der Waals surface area contributed by atoms with Crippen LogP contribution in [0.5, 0.6) is 0 Å².